The zero-order valence-electron chi connectivity index (χ0n) is 15.7. The SMILES string of the molecule is COC(CCn1ccc(=O)[nH]c1=O)C(O)(O)OP1(=O)OCc2cc(C)ccc2O1. The van der Waals surface area contributed by atoms with Crippen LogP contribution in [0.25, 0.3) is 0 Å². The summed E-state index contributed by atoms with van der Waals surface area (Å²) in [5.74, 6) is -2.80. The molecule has 3 rings (SSSR count). The molecule has 1 aromatic heterocycles. The normalized spacial score (nSPS) is 20.0. The number of nitrogens with zero attached hydrogens (tertiary/aromatic N) is 1. The summed E-state index contributed by atoms with van der Waals surface area (Å²) in [7, 11) is -3.18. The number of ether oxygens (including phenoxy) is 1. The summed E-state index contributed by atoms with van der Waals surface area (Å²) in [4.78, 5) is 24.9. The smallest absolute Gasteiger partial charge is 0.404 e. The van der Waals surface area contributed by atoms with Gasteiger partial charge < -0.3 is 24.0 Å². The Morgan fingerprint density at radius 2 is 2.10 bits per heavy atom. The van der Waals surface area contributed by atoms with Gasteiger partial charge in [0.05, 0.1) is 6.61 Å². The van der Waals surface area contributed by atoms with Gasteiger partial charge in [-0.3, -0.25) is 14.3 Å². The first-order valence-electron chi connectivity index (χ1n) is 8.64. The van der Waals surface area contributed by atoms with Crippen molar-refractivity contribution in [3.05, 3.63) is 62.4 Å². The molecule has 0 saturated heterocycles. The van der Waals surface area contributed by atoms with Gasteiger partial charge in [-0.05, 0) is 19.4 Å². The Labute approximate surface area is 165 Å². The topological polar surface area (TPSA) is 149 Å². The quantitative estimate of drug-likeness (QED) is 0.426. The number of phosphoric ester groups is 1. The highest BCUT2D eigenvalue weighted by Gasteiger charge is 2.47. The summed E-state index contributed by atoms with van der Waals surface area (Å²) >= 11 is 0. The molecule has 2 aromatic rings. The van der Waals surface area contributed by atoms with E-state index in [2.05, 4.69) is 4.98 Å². The monoisotopic (exact) mass is 428 g/mol. The summed E-state index contributed by atoms with van der Waals surface area (Å²) in [5.41, 5.74) is 0.358. The number of aryl methyl sites for hydroxylation is 2. The van der Waals surface area contributed by atoms with Gasteiger partial charge in [0, 0.05) is 31.5 Å². The lowest BCUT2D eigenvalue weighted by Crippen LogP contribution is -2.46. The van der Waals surface area contributed by atoms with Crippen molar-refractivity contribution in [2.75, 3.05) is 7.11 Å². The van der Waals surface area contributed by atoms with Gasteiger partial charge in [-0.15, -0.1) is 0 Å². The van der Waals surface area contributed by atoms with Crippen LogP contribution in [0.2, 0.25) is 0 Å². The number of rotatable bonds is 7. The van der Waals surface area contributed by atoms with Crippen LogP contribution < -0.4 is 15.8 Å². The third-order valence-corrected chi connectivity index (χ3v) is 5.64. The highest BCUT2D eigenvalue weighted by atomic mass is 31.2. The van der Waals surface area contributed by atoms with E-state index in [-0.39, 0.29) is 25.3 Å². The van der Waals surface area contributed by atoms with Gasteiger partial charge in [-0.25, -0.2) is 13.9 Å². The second-order valence-corrected chi connectivity index (χ2v) is 8.01. The van der Waals surface area contributed by atoms with Crippen molar-refractivity contribution in [3.8, 4) is 5.75 Å². The zero-order chi connectivity index (χ0) is 21.2. The largest absolute Gasteiger partial charge is 0.534 e. The molecule has 3 N–H and O–H groups in total. The van der Waals surface area contributed by atoms with Crippen molar-refractivity contribution in [1.29, 1.82) is 0 Å². The maximum absolute atomic E-state index is 12.7. The molecule has 0 aliphatic carbocycles. The number of hydrogen-bond donors (Lipinski definition) is 3. The number of benzene rings is 1. The van der Waals surface area contributed by atoms with E-state index in [9.17, 15) is 24.4 Å². The fraction of sp³-hybridized carbons (Fsp3) is 0.412. The fourth-order valence-electron chi connectivity index (χ4n) is 2.81. The van der Waals surface area contributed by atoms with E-state index in [1.54, 1.807) is 18.2 Å². The molecule has 11 nitrogen and oxygen atoms in total. The van der Waals surface area contributed by atoms with Crippen LogP contribution in [0.4, 0.5) is 0 Å². The highest BCUT2D eigenvalue weighted by Crippen LogP contribution is 2.56. The third kappa shape index (κ3) is 5.02. The van der Waals surface area contributed by atoms with Crippen LogP contribution >= 0.6 is 7.82 Å². The van der Waals surface area contributed by atoms with Crippen molar-refractivity contribution in [3.63, 3.8) is 0 Å². The molecule has 0 saturated carbocycles. The van der Waals surface area contributed by atoms with Crippen LogP contribution in [0.5, 0.6) is 5.75 Å². The number of methoxy groups -OCH3 is 1. The number of aromatic nitrogens is 2. The lowest BCUT2D eigenvalue weighted by Gasteiger charge is -2.33. The molecule has 2 atom stereocenters. The molecule has 1 aliphatic heterocycles. The average Bonchev–Trinajstić information content (AvgIpc) is 2.63. The molecule has 0 fully saturated rings. The second-order valence-electron chi connectivity index (χ2n) is 6.49. The number of aliphatic hydroxyl groups is 2. The predicted molar refractivity (Wildman–Crippen MR) is 99.2 cm³/mol. The number of H-pyrrole nitrogens is 1. The maximum atomic E-state index is 12.7. The van der Waals surface area contributed by atoms with Crippen molar-refractivity contribution in [2.24, 2.45) is 0 Å². The van der Waals surface area contributed by atoms with Gasteiger partial charge >= 0.3 is 19.5 Å². The van der Waals surface area contributed by atoms with E-state index in [1.165, 1.54) is 13.3 Å². The standard InChI is InChI=1S/C17H21N2O9P/c1-11-3-4-13-12(9-11)10-26-29(24,27-13)28-17(22,23)14(25-2)5-7-19-8-6-15(20)18-16(19)21/h3-4,6,8-9,14,22-23H,5,7,10H2,1-2H3,(H,18,20,21). The number of hydrogen-bond acceptors (Lipinski definition) is 9. The molecule has 0 spiro atoms. The van der Waals surface area contributed by atoms with Gasteiger partial charge in [-0.1, -0.05) is 17.7 Å². The van der Waals surface area contributed by atoms with Crippen LogP contribution in [-0.4, -0.2) is 39.0 Å². The molecule has 1 aliphatic rings. The number of aromatic amines is 1. The minimum absolute atomic E-state index is 0.0471. The van der Waals surface area contributed by atoms with Crippen molar-refractivity contribution in [2.45, 2.75) is 38.6 Å². The number of nitrogens with one attached hydrogen (secondary N) is 1. The van der Waals surface area contributed by atoms with E-state index >= 15 is 0 Å². The third-order valence-electron chi connectivity index (χ3n) is 4.28. The molecule has 0 amide bonds. The van der Waals surface area contributed by atoms with Gasteiger partial charge in [0.2, 0.25) is 0 Å². The van der Waals surface area contributed by atoms with Crippen LogP contribution in [0.1, 0.15) is 17.5 Å². The number of fused-ring (bicyclic) bond motifs is 1. The first kappa shape index (κ1) is 21.4. The molecule has 158 valence electrons. The van der Waals surface area contributed by atoms with Gasteiger partial charge in [0.25, 0.3) is 5.56 Å². The molecule has 2 unspecified atom stereocenters. The molecule has 1 aromatic carbocycles. The minimum atomic E-state index is -4.36. The van der Waals surface area contributed by atoms with E-state index in [0.717, 1.165) is 16.2 Å². The maximum Gasteiger partial charge on any atom is 0.534 e. The molecular weight excluding hydrogens is 407 g/mol. The van der Waals surface area contributed by atoms with Crippen LogP contribution in [0, 0.1) is 6.92 Å². The zero-order valence-corrected chi connectivity index (χ0v) is 16.6. The average molecular weight is 428 g/mol. The molecule has 0 radical (unpaired) electrons. The Morgan fingerprint density at radius 1 is 1.34 bits per heavy atom. The van der Waals surface area contributed by atoms with E-state index in [1.807, 2.05) is 6.92 Å². The molecule has 0 bridgehead atoms. The van der Waals surface area contributed by atoms with Crippen molar-refractivity contribution >= 4 is 7.82 Å². The van der Waals surface area contributed by atoms with E-state index in [4.69, 9.17) is 18.3 Å². The van der Waals surface area contributed by atoms with Gasteiger partial charge in [0.15, 0.2) is 0 Å². The molecule has 12 heteroatoms. The predicted octanol–water partition coefficient (Wildman–Crippen LogP) is 0.622. The van der Waals surface area contributed by atoms with Crippen molar-refractivity contribution < 1.29 is 33.1 Å². The van der Waals surface area contributed by atoms with Gasteiger partial charge in [-0.2, -0.15) is 0 Å². The summed E-state index contributed by atoms with van der Waals surface area (Å²) < 4.78 is 34.2. The first-order valence-corrected chi connectivity index (χ1v) is 10.1. The Balaban J connectivity index is 1.71. The van der Waals surface area contributed by atoms with Crippen LogP contribution in [0.15, 0.2) is 40.1 Å². The Morgan fingerprint density at radius 3 is 2.79 bits per heavy atom. The lowest BCUT2D eigenvalue weighted by atomic mass is 10.1. The van der Waals surface area contributed by atoms with E-state index in [0.29, 0.717) is 5.56 Å². The van der Waals surface area contributed by atoms with Crippen molar-refractivity contribution in [1.82, 2.24) is 9.55 Å². The molecule has 2 heterocycles. The number of phosphoric acid groups is 1. The Bertz CT molecular complexity index is 1050. The Hall–Kier alpha value is -2.27. The second kappa shape index (κ2) is 8.23. The fourth-order valence-corrected chi connectivity index (χ4v) is 4.12. The van der Waals surface area contributed by atoms with E-state index < -0.39 is 31.1 Å². The Kier molecular flexibility index (Phi) is 6.08. The van der Waals surface area contributed by atoms with Gasteiger partial charge in [0.1, 0.15) is 11.9 Å². The van der Waals surface area contributed by atoms with Crippen LogP contribution in [-0.2, 0) is 31.5 Å². The summed E-state index contributed by atoms with van der Waals surface area (Å²) in [5, 5.41) is 20.6. The lowest BCUT2D eigenvalue weighted by molar-refractivity contribution is -0.347. The summed E-state index contributed by atoms with van der Waals surface area (Å²) in [6.45, 7) is 1.72. The minimum Gasteiger partial charge on any atom is -0.404 e. The summed E-state index contributed by atoms with van der Waals surface area (Å²) in [6, 6.07) is 6.24. The first-order chi connectivity index (χ1) is 13.6. The summed E-state index contributed by atoms with van der Waals surface area (Å²) in [6.07, 6.45) is -0.302. The van der Waals surface area contributed by atoms with Crippen LogP contribution in [0.3, 0.4) is 0 Å². The molecule has 29 heavy (non-hydrogen) atoms. The highest BCUT2D eigenvalue weighted by molar-refractivity contribution is 7.49. The molecular formula is C17H21N2O9P.